The second-order valence-electron chi connectivity index (χ2n) is 17.1. The van der Waals surface area contributed by atoms with E-state index < -0.39 is 0 Å². The van der Waals surface area contributed by atoms with E-state index in [0.717, 1.165) is 11.2 Å². The molecule has 1 aliphatic rings. The first kappa shape index (κ1) is 33.5. The van der Waals surface area contributed by atoms with Gasteiger partial charge in [-0.1, -0.05) is 196 Å². The summed E-state index contributed by atoms with van der Waals surface area (Å²) in [4.78, 5) is 0. The van der Waals surface area contributed by atoms with Crippen LogP contribution < -0.4 is 0 Å². The third-order valence-electron chi connectivity index (χ3n) is 13.7. The molecule has 13 rings (SSSR count). The van der Waals surface area contributed by atoms with Crippen LogP contribution in [0.25, 0.3) is 120 Å². The summed E-state index contributed by atoms with van der Waals surface area (Å²) >= 11 is 0. The predicted octanol–water partition coefficient (Wildman–Crippen LogP) is 16.7. The highest BCUT2D eigenvalue weighted by atomic mass is 16.3. The Morgan fingerprint density at radius 2 is 0.783 bits per heavy atom. The van der Waals surface area contributed by atoms with Crippen molar-refractivity contribution in [2.45, 2.75) is 19.3 Å². The summed E-state index contributed by atoms with van der Waals surface area (Å²) in [5.41, 5.74) is 14.5. The van der Waals surface area contributed by atoms with Crippen LogP contribution in [-0.4, -0.2) is 0 Å². The zero-order chi connectivity index (χ0) is 39.7. The largest absolute Gasteiger partial charge is 0.456 e. The van der Waals surface area contributed by atoms with Crippen molar-refractivity contribution < 1.29 is 4.42 Å². The molecule has 280 valence electrons. The fraction of sp³-hybridized carbons (Fsp3) is 0.0508. The molecule has 0 spiro atoms. The molecule has 60 heavy (non-hydrogen) atoms. The number of benzene rings is 11. The molecule has 0 fully saturated rings. The van der Waals surface area contributed by atoms with E-state index in [-0.39, 0.29) is 5.41 Å². The van der Waals surface area contributed by atoms with E-state index in [9.17, 15) is 0 Å². The van der Waals surface area contributed by atoms with Crippen molar-refractivity contribution in [3.8, 4) is 44.5 Å². The van der Waals surface area contributed by atoms with Gasteiger partial charge in [0.1, 0.15) is 11.2 Å². The topological polar surface area (TPSA) is 13.1 Å². The molecule has 0 unspecified atom stereocenters. The quantitative estimate of drug-likeness (QED) is 0.163. The van der Waals surface area contributed by atoms with Crippen molar-refractivity contribution in [2.24, 2.45) is 0 Å². The van der Waals surface area contributed by atoms with Crippen molar-refractivity contribution in [3.05, 3.63) is 205 Å². The van der Waals surface area contributed by atoms with Gasteiger partial charge in [0, 0.05) is 16.2 Å². The van der Waals surface area contributed by atoms with Crippen LogP contribution in [0.2, 0.25) is 0 Å². The lowest BCUT2D eigenvalue weighted by Gasteiger charge is -2.21. The summed E-state index contributed by atoms with van der Waals surface area (Å²) in [5.74, 6) is 0. The van der Waals surface area contributed by atoms with E-state index in [1.54, 1.807) is 0 Å². The van der Waals surface area contributed by atoms with Gasteiger partial charge in [-0.2, -0.15) is 0 Å². The first-order chi connectivity index (χ1) is 29.6. The molecule has 0 amide bonds. The maximum Gasteiger partial charge on any atom is 0.136 e. The Morgan fingerprint density at radius 1 is 0.300 bits per heavy atom. The van der Waals surface area contributed by atoms with Crippen molar-refractivity contribution in [2.75, 3.05) is 0 Å². The van der Waals surface area contributed by atoms with Crippen LogP contribution in [0.5, 0.6) is 0 Å². The molecule has 0 bridgehead atoms. The molecule has 1 aromatic heterocycles. The molecule has 1 aliphatic carbocycles. The van der Waals surface area contributed by atoms with Crippen molar-refractivity contribution in [1.29, 1.82) is 0 Å². The maximum atomic E-state index is 6.91. The summed E-state index contributed by atoms with van der Waals surface area (Å²) in [6.07, 6.45) is 0. The first-order valence-corrected chi connectivity index (χ1v) is 21.0. The summed E-state index contributed by atoms with van der Waals surface area (Å²) in [6.45, 7) is 4.70. The van der Waals surface area contributed by atoms with E-state index in [1.165, 1.54) is 120 Å². The van der Waals surface area contributed by atoms with Gasteiger partial charge < -0.3 is 4.42 Å². The third-order valence-corrected chi connectivity index (χ3v) is 13.7. The van der Waals surface area contributed by atoms with Crippen molar-refractivity contribution in [3.63, 3.8) is 0 Å². The SMILES string of the molecule is CC1(C)c2ccccc2-c2c1ccc1oc3cc(-c4ccc(-c5c6ccccc6c(-c6cccc7ccccc67)c6ccccc56)c5ccccc45)c4ccccc4c3c21. The number of hydrogen-bond donors (Lipinski definition) is 0. The molecular formula is C59H38O. The molecule has 0 radical (unpaired) electrons. The van der Waals surface area contributed by atoms with Crippen molar-refractivity contribution >= 4 is 75.8 Å². The van der Waals surface area contributed by atoms with E-state index in [4.69, 9.17) is 4.42 Å². The number of hydrogen-bond acceptors (Lipinski definition) is 1. The number of fused-ring (bicyclic) bond motifs is 13. The highest BCUT2D eigenvalue weighted by molar-refractivity contribution is 6.29. The van der Waals surface area contributed by atoms with Crippen LogP contribution in [0, 0.1) is 0 Å². The van der Waals surface area contributed by atoms with Crippen molar-refractivity contribution in [1.82, 2.24) is 0 Å². The first-order valence-electron chi connectivity index (χ1n) is 21.0. The Labute approximate surface area is 347 Å². The molecule has 12 aromatic rings. The number of rotatable bonds is 3. The van der Waals surface area contributed by atoms with Gasteiger partial charge in [-0.15, -0.1) is 0 Å². The van der Waals surface area contributed by atoms with Crippen LogP contribution in [0.3, 0.4) is 0 Å². The van der Waals surface area contributed by atoms with Gasteiger partial charge >= 0.3 is 0 Å². The van der Waals surface area contributed by atoms with Gasteiger partial charge in [0.05, 0.1) is 0 Å². The van der Waals surface area contributed by atoms with Crippen LogP contribution in [0.1, 0.15) is 25.0 Å². The third kappa shape index (κ3) is 4.47. The van der Waals surface area contributed by atoms with Crippen LogP contribution >= 0.6 is 0 Å². The minimum atomic E-state index is -0.0903. The average molecular weight is 763 g/mol. The van der Waals surface area contributed by atoms with Crippen LogP contribution in [-0.2, 0) is 5.41 Å². The summed E-state index contributed by atoms with van der Waals surface area (Å²) in [5, 5.41) is 14.8. The molecule has 0 N–H and O–H groups in total. The van der Waals surface area contributed by atoms with E-state index in [2.05, 4.69) is 208 Å². The lowest BCUT2D eigenvalue weighted by Crippen LogP contribution is -2.14. The molecule has 0 atom stereocenters. The Hall–Kier alpha value is -7.48. The standard InChI is InChI=1S/C59H38O/c1-59(2)50-29-14-13-27-48(50)56-51(59)32-33-52-58(56)57-42-22-8-7-21-39(42)49(34-53(57)60-52)40-30-31-47(38-20-6-5-19-37(38)40)55-45-25-11-9-23-43(45)54(44-24-10-12-26-46(44)55)41-28-15-17-35-16-3-4-18-36(35)41/h3-34H,1-2H3. The molecule has 0 aliphatic heterocycles. The highest BCUT2D eigenvalue weighted by Gasteiger charge is 2.37. The molecule has 1 heterocycles. The Kier molecular flexibility index (Phi) is 6.85. The summed E-state index contributed by atoms with van der Waals surface area (Å²) in [6, 6.07) is 71.8. The predicted molar refractivity (Wildman–Crippen MR) is 255 cm³/mol. The zero-order valence-corrected chi connectivity index (χ0v) is 33.4. The maximum absolute atomic E-state index is 6.91. The Balaban J connectivity index is 1.08. The van der Waals surface area contributed by atoms with Gasteiger partial charge in [0.2, 0.25) is 0 Å². The van der Waals surface area contributed by atoms with Gasteiger partial charge in [0.15, 0.2) is 0 Å². The van der Waals surface area contributed by atoms with E-state index in [0.29, 0.717) is 0 Å². The number of furan rings is 1. The fourth-order valence-electron chi connectivity index (χ4n) is 11.0. The zero-order valence-electron chi connectivity index (χ0n) is 33.4. The summed E-state index contributed by atoms with van der Waals surface area (Å²) < 4.78 is 6.91. The molecule has 0 saturated heterocycles. The van der Waals surface area contributed by atoms with E-state index >= 15 is 0 Å². The molecule has 11 aromatic carbocycles. The van der Waals surface area contributed by atoms with Gasteiger partial charge in [-0.25, -0.2) is 0 Å². The van der Waals surface area contributed by atoms with Crippen LogP contribution in [0.15, 0.2) is 199 Å². The van der Waals surface area contributed by atoms with Gasteiger partial charge in [0.25, 0.3) is 0 Å². The summed E-state index contributed by atoms with van der Waals surface area (Å²) in [7, 11) is 0. The van der Waals surface area contributed by atoms with Crippen LogP contribution in [0.4, 0.5) is 0 Å². The smallest absolute Gasteiger partial charge is 0.136 e. The van der Waals surface area contributed by atoms with E-state index in [1.807, 2.05) is 0 Å². The lowest BCUT2D eigenvalue weighted by atomic mass is 9.82. The van der Waals surface area contributed by atoms with Gasteiger partial charge in [-0.3, -0.25) is 0 Å². The second kappa shape index (κ2) is 12.3. The molecule has 1 nitrogen and oxygen atoms in total. The second-order valence-corrected chi connectivity index (χ2v) is 17.1. The minimum absolute atomic E-state index is 0.0903. The monoisotopic (exact) mass is 762 g/mol. The average Bonchev–Trinajstić information content (AvgIpc) is 3.79. The minimum Gasteiger partial charge on any atom is -0.456 e. The van der Waals surface area contributed by atoms with Gasteiger partial charge in [-0.05, 0) is 122 Å². The fourth-order valence-corrected chi connectivity index (χ4v) is 11.0. The lowest BCUT2D eigenvalue weighted by molar-refractivity contribution is 0.656. The Bertz CT molecular complexity index is 3740. The Morgan fingerprint density at radius 3 is 1.47 bits per heavy atom. The molecule has 1 heteroatoms. The molecule has 0 saturated carbocycles. The normalized spacial score (nSPS) is 13.3. The highest BCUT2D eigenvalue weighted by Crippen LogP contribution is 2.55. The molecular weight excluding hydrogens is 725 g/mol.